The number of hydrogen-bond donors (Lipinski definition) is 1. The lowest BCUT2D eigenvalue weighted by atomic mass is 9.98. The third-order valence-corrected chi connectivity index (χ3v) is 5.50. The van der Waals surface area contributed by atoms with Gasteiger partial charge in [-0.3, -0.25) is 14.7 Å². The summed E-state index contributed by atoms with van der Waals surface area (Å²) in [5, 5.41) is 7.27. The Labute approximate surface area is 164 Å². The number of carbonyl (C=O) groups is 2. The van der Waals surface area contributed by atoms with Crippen molar-refractivity contribution in [2.24, 2.45) is 0 Å². The lowest BCUT2D eigenvalue weighted by Crippen LogP contribution is -2.41. The summed E-state index contributed by atoms with van der Waals surface area (Å²) in [5.74, 6) is 0.0373. The Morgan fingerprint density at radius 1 is 1.11 bits per heavy atom. The maximum Gasteiger partial charge on any atom is 0.274 e. The van der Waals surface area contributed by atoms with Crippen LogP contribution in [0.5, 0.6) is 0 Å². The molecule has 1 aromatic heterocycles. The van der Waals surface area contributed by atoms with Crippen LogP contribution in [0.15, 0.2) is 36.4 Å². The first kappa shape index (κ1) is 18.7. The van der Waals surface area contributed by atoms with Crippen LogP contribution in [0.3, 0.4) is 0 Å². The Morgan fingerprint density at radius 3 is 2.68 bits per heavy atom. The maximum atomic E-state index is 12.9. The highest BCUT2D eigenvalue weighted by atomic mass is 16.5. The molecular weight excluding hydrogens is 356 g/mol. The first-order valence-corrected chi connectivity index (χ1v) is 9.98. The van der Waals surface area contributed by atoms with Crippen molar-refractivity contribution >= 4 is 11.8 Å². The summed E-state index contributed by atoms with van der Waals surface area (Å²) in [6.45, 7) is 3.04. The smallest absolute Gasteiger partial charge is 0.274 e. The molecule has 1 aromatic carbocycles. The summed E-state index contributed by atoms with van der Waals surface area (Å²) in [5.41, 5.74) is 2.28. The Bertz CT molecular complexity index is 814. The SMILES string of the molecule is O=C(c1cc(C2CCCCN2C(=O)Cc2ccccc2)[nH]n1)N1CCOCC1. The zero-order valence-corrected chi connectivity index (χ0v) is 16.0. The Morgan fingerprint density at radius 2 is 1.89 bits per heavy atom. The second kappa shape index (κ2) is 8.56. The van der Waals surface area contributed by atoms with Crippen molar-refractivity contribution in [3.63, 3.8) is 0 Å². The summed E-state index contributed by atoms with van der Waals surface area (Å²) in [7, 11) is 0. The van der Waals surface area contributed by atoms with Crippen molar-refractivity contribution in [2.75, 3.05) is 32.8 Å². The molecule has 0 saturated carbocycles. The highest BCUT2D eigenvalue weighted by Crippen LogP contribution is 2.31. The average Bonchev–Trinajstić information content (AvgIpc) is 3.25. The van der Waals surface area contributed by atoms with E-state index in [0.717, 1.165) is 37.1 Å². The molecule has 7 nitrogen and oxygen atoms in total. The summed E-state index contributed by atoms with van der Waals surface area (Å²) >= 11 is 0. The zero-order chi connectivity index (χ0) is 19.3. The van der Waals surface area contributed by atoms with Crippen LogP contribution < -0.4 is 0 Å². The number of hydrogen-bond acceptors (Lipinski definition) is 4. The van der Waals surface area contributed by atoms with Crippen molar-refractivity contribution in [1.82, 2.24) is 20.0 Å². The van der Waals surface area contributed by atoms with E-state index >= 15 is 0 Å². The number of rotatable bonds is 4. The van der Waals surface area contributed by atoms with Crippen molar-refractivity contribution in [3.05, 3.63) is 53.3 Å². The lowest BCUT2D eigenvalue weighted by molar-refractivity contribution is -0.134. The minimum Gasteiger partial charge on any atom is -0.378 e. The number of likely N-dealkylation sites (tertiary alicyclic amines) is 1. The number of amides is 2. The van der Waals surface area contributed by atoms with Crippen LogP contribution in [0.2, 0.25) is 0 Å². The minimum atomic E-state index is -0.0798. The number of ether oxygens (including phenoxy) is 1. The van der Waals surface area contributed by atoms with Crippen molar-refractivity contribution in [1.29, 1.82) is 0 Å². The van der Waals surface area contributed by atoms with Gasteiger partial charge in [0.1, 0.15) is 5.69 Å². The summed E-state index contributed by atoms with van der Waals surface area (Å²) in [6.07, 6.45) is 3.34. The van der Waals surface area contributed by atoms with Crippen LogP contribution in [0.25, 0.3) is 0 Å². The van der Waals surface area contributed by atoms with Gasteiger partial charge in [0.05, 0.1) is 31.4 Å². The van der Waals surface area contributed by atoms with E-state index in [1.54, 1.807) is 4.90 Å². The second-order valence-electron chi connectivity index (χ2n) is 7.37. The van der Waals surface area contributed by atoms with E-state index in [1.165, 1.54) is 0 Å². The molecule has 1 atom stereocenters. The van der Waals surface area contributed by atoms with Crippen LogP contribution in [0.4, 0.5) is 0 Å². The molecule has 0 spiro atoms. The Hall–Kier alpha value is -2.67. The molecule has 7 heteroatoms. The van der Waals surface area contributed by atoms with Crippen LogP contribution in [0.1, 0.15) is 47.1 Å². The third kappa shape index (κ3) is 4.09. The number of piperidine rings is 1. The van der Waals surface area contributed by atoms with Gasteiger partial charge in [-0.25, -0.2) is 0 Å². The van der Waals surface area contributed by atoms with Gasteiger partial charge in [-0.2, -0.15) is 5.10 Å². The van der Waals surface area contributed by atoms with E-state index in [0.29, 0.717) is 38.4 Å². The summed E-state index contributed by atoms with van der Waals surface area (Å²) in [6, 6.07) is 11.6. The number of morpholine rings is 1. The normalized spacial score (nSPS) is 20.2. The van der Waals surface area contributed by atoms with Crippen molar-refractivity contribution in [2.45, 2.75) is 31.7 Å². The highest BCUT2D eigenvalue weighted by molar-refractivity contribution is 5.92. The molecule has 1 unspecified atom stereocenters. The van der Waals surface area contributed by atoms with E-state index in [1.807, 2.05) is 41.3 Å². The van der Waals surface area contributed by atoms with Gasteiger partial charge in [-0.1, -0.05) is 30.3 Å². The summed E-state index contributed by atoms with van der Waals surface area (Å²) < 4.78 is 5.31. The molecule has 2 aromatic rings. The molecule has 3 heterocycles. The van der Waals surface area contributed by atoms with Crippen molar-refractivity contribution < 1.29 is 14.3 Å². The minimum absolute atomic E-state index is 0.0521. The van der Waals surface area contributed by atoms with Gasteiger partial charge in [0, 0.05) is 19.6 Å². The fourth-order valence-electron chi connectivity index (χ4n) is 3.97. The molecule has 2 aliphatic heterocycles. The standard InChI is InChI=1S/C21H26N4O3/c26-20(14-16-6-2-1-3-7-16)25-9-5-4-8-19(25)17-15-18(23-22-17)21(27)24-10-12-28-13-11-24/h1-3,6-7,15,19H,4-5,8-14H2,(H,22,23). The first-order valence-electron chi connectivity index (χ1n) is 9.98. The first-order chi connectivity index (χ1) is 13.7. The van der Waals surface area contributed by atoms with Gasteiger partial charge in [0.2, 0.25) is 5.91 Å². The number of nitrogens with zero attached hydrogens (tertiary/aromatic N) is 3. The number of nitrogens with one attached hydrogen (secondary N) is 1. The molecule has 4 rings (SSSR count). The van der Waals surface area contributed by atoms with Crippen LogP contribution in [0, 0.1) is 0 Å². The predicted octanol–water partition coefficient (Wildman–Crippen LogP) is 2.18. The van der Waals surface area contributed by atoms with E-state index in [-0.39, 0.29) is 17.9 Å². The van der Waals surface area contributed by atoms with E-state index in [4.69, 9.17) is 4.74 Å². The van der Waals surface area contributed by atoms with Crippen LogP contribution >= 0.6 is 0 Å². The molecular formula is C21H26N4O3. The van der Waals surface area contributed by atoms with Gasteiger partial charge in [0.25, 0.3) is 5.91 Å². The molecule has 0 radical (unpaired) electrons. The van der Waals surface area contributed by atoms with Crippen LogP contribution in [-0.2, 0) is 16.0 Å². The maximum absolute atomic E-state index is 12.9. The fraction of sp³-hybridized carbons (Fsp3) is 0.476. The van der Waals surface area contributed by atoms with Crippen LogP contribution in [-0.4, -0.2) is 64.7 Å². The monoisotopic (exact) mass is 382 g/mol. The molecule has 0 bridgehead atoms. The number of carbonyl (C=O) groups excluding carboxylic acids is 2. The molecule has 148 valence electrons. The summed E-state index contributed by atoms with van der Waals surface area (Å²) in [4.78, 5) is 29.3. The number of aromatic nitrogens is 2. The van der Waals surface area contributed by atoms with E-state index in [9.17, 15) is 9.59 Å². The number of H-pyrrole nitrogens is 1. The predicted molar refractivity (Wildman–Crippen MR) is 104 cm³/mol. The average molecular weight is 382 g/mol. The molecule has 2 aliphatic rings. The topological polar surface area (TPSA) is 78.5 Å². The van der Waals surface area contributed by atoms with Gasteiger partial charge >= 0.3 is 0 Å². The molecule has 0 aliphatic carbocycles. The third-order valence-electron chi connectivity index (χ3n) is 5.50. The van der Waals surface area contributed by atoms with Gasteiger partial charge in [-0.15, -0.1) is 0 Å². The van der Waals surface area contributed by atoms with E-state index < -0.39 is 0 Å². The second-order valence-corrected chi connectivity index (χ2v) is 7.37. The van der Waals surface area contributed by atoms with E-state index in [2.05, 4.69) is 10.2 Å². The zero-order valence-electron chi connectivity index (χ0n) is 16.0. The number of benzene rings is 1. The largest absolute Gasteiger partial charge is 0.378 e. The molecule has 28 heavy (non-hydrogen) atoms. The lowest BCUT2D eigenvalue weighted by Gasteiger charge is -2.35. The Kier molecular flexibility index (Phi) is 5.71. The number of aromatic amines is 1. The Balaban J connectivity index is 1.47. The van der Waals surface area contributed by atoms with Crippen molar-refractivity contribution in [3.8, 4) is 0 Å². The quantitative estimate of drug-likeness (QED) is 0.879. The van der Waals surface area contributed by atoms with Gasteiger partial charge < -0.3 is 14.5 Å². The molecule has 1 N–H and O–H groups in total. The van der Waals surface area contributed by atoms with Gasteiger partial charge in [-0.05, 0) is 30.9 Å². The molecule has 2 saturated heterocycles. The molecule has 2 amide bonds. The molecule has 2 fully saturated rings. The van der Waals surface area contributed by atoms with Gasteiger partial charge in [0.15, 0.2) is 0 Å². The fourth-order valence-corrected chi connectivity index (χ4v) is 3.97. The highest BCUT2D eigenvalue weighted by Gasteiger charge is 2.30.